The van der Waals surface area contributed by atoms with Gasteiger partial charge in [0.15, 0.2) is 16.7 Å². The summed E-state index contributed by atoms with van der Waals surface area (Å²) in [5, 5.41) is 14.1. The van der Waals surface area contributed by atoms with Crippen molar-refractivity contribution in [2.45, 2.75) is 11.7 Å². The molecule has 0 bridgehead atoms. The van der Waals surface area contributed by atoms with Crippen molar-refractivity contribution in [3.63, 3.8) is 0 Å². The molecule has 0 spiro atoms. The van der Waals surface area contributed by atoms with Gasteiger partial charge in [0.05, 0.1) is 24.2 Å². The molecular weight excluding hydrogens is 433 g/mol. The number of hydrogen-bond acceptors (Lipinski definition) is 6. The van der Waals surface area contributed by atoms with Gasteiger partial charge in [0.25, 0.3) is 5.91 Å². The van der Waals surface area contributed by atoms with E-state index in [9.17, 15) is 14.0 Å². The van der Waals surface area contributed by atoms with Crippen LogP contribution >= 0.6 is 11.8 Å². The number of nitrogens with zero attached hydrogens (tertiary/aromatic N) is 3. The van der Waals surface area contributed by atoms with Crippen molar-refractivity contribution in [3.8, 4) is 5.69 Å². The summed E-state index contributed by atoms with van der Waals surface area (Å²) in [6.07, 6.45) is 1.42. The van der Waals surface area contributed by atoms with Crippen LogP contribution in [-0.4, -0.2) is 32.3 Å². The number of carbonyl (C=O) groups is 2. The Morgan fingerprint density at radius 2 is 1.78 bits per heavy atom. The number of amides is 2. The molecule has 10 heteroatoms. The summed E-state index contributed by atoms with van der Waals surface area (Å²) in [6.45, 7) is 0.101. The summed E-state index contributed by atoms with van der Waals surface area (Å²) in [4.78, 5) is 24.5. The molecule has 0 fully saturated rings. The fourth-order valence-corrected chi connectivity index (χ4v) is 3.65. The number of aromatic nitrogens is 3. The molecule has 0 aliphatic rings. The van der Waals surface area contributed by atoms with E-state index in [1.54, 1.807) is 28.8 Å². The van der Waals surface area contributed by atoms with Crippen molar-refractivity contribution >= 4 is 29.3 Å². The quantitative estimate of drug-likeness (QED) is 0.397. The van der Waals surface area contributed by atoms with Gasteiger partial charge in [-0.25, -0.2) is 4.39 Å². The third-order valence-corrected chi connectivity index (χ3v) is 5.28. The molecule has 0 atom stereocenters. The highest BCUT2D eigenvalue weighted by Gasteiger charge is 2.18. The Bertz CT molecular complexity index is 1210. The first-order chi connectivity index (χ1) is 15.6. The highest BCUT2D eigenvalue weighted by Crippen LogP contribution is 2.23. The van der Waals surface area contributed by atoms with Crippen LogP contribution in [0.1, 0.15) is 16.4 Å². The lowest BCUT2D eigenvalue weighted by Gasteiger charge is -2.11. The largest absolute Gasteiger partial charge is 0.459 e. The molecule has 0 aliphatic carbocycles. The van der Waals surface area contributed by atoms with Crippen molar-refractivity contribution in [2.75, 3.05) is 11.1 Å². The average Bonchev–Trinajstić information content (AvgIpc) is 3.48. The number of thioether (sulfide) groups is 1. The summed E-state index contributed by atoms with van der Waals surface area (Å²) in [5.74, 6) is -0.597. The van der Waals surface area contributed by atoms with Crippen LogP contribution in [-0.2, 0) is 11.3 Å². The van der Waals surface area contributed by atoms with Crippen molar-refractivity contribution in [3.05, 3.63) is 90.4 Å². The molecule has 2 amide bonds. The molecule has 0 saturated carbocycles. The zero-order valence-electron chi connectivity index (χ0n) is 16.7. The summed E-state index contributed by atoms with van der Waals surface area (Å²) in [5.41, 5.74) is 0.890. The van der Waals surface area contributed by atoms with Gasteiger partial charge in [-0.05, 0) is 36.4 Å². The maximum absolute atomic E-state index is 13.8. The molecule has 162 valence electrons. The molecule has 0 saturated heterocycles. The molecule has 32 heavy (non-hydrogen) atoms. The second-order valence-electron chi connectivity index (χ2n) is 6.55. The van der Waals surface area contributed by atoms with Crippen LogP contribution in [0.5, 0.6) is 0 Å². The monoisotopic (exact) mass is 451 g/mol. The smallest absolute Gasteiger partial charge is 0.287 e. The Balaban J connectivity index is 1.48. The molecule has 2 aromatic heterocycles. The van der Waals surface area contributed by atoms with Gasteiger partial charge in [0.1, 0.15) is 5.82 Å². The normalized spacial score (nSPS) is 10.7. The number of rotatable bonds is 8. The first kappa shape index (κ1) is 21.3. The van der Waals surface area contributed by atoms with Crippen molar-refractivity contribution in [2.24, 2.45) is 0 Å². The lowest BCUT2D eigenvalue weighted by Crippen LogP contribution is -2.24. The van der Waals surface area contributed by atoms with Gasteiger partial charge < -0.3 is 15.1 Å². The van der Waals surface area contributed by atoms with Gasteiger partial charge in [0.2, 0.25) is 5.91 Å². The Labute approximate surface area is 186 Å². The van der Waals surface area contributed by atoms with Crippen LogP contribution in [0.3, 0.4) is 0 Å². The van der Waals surface area contributed by atoms with E-state index >= 15 is 0 Å². The third kappa shape index (κ3) is 5.03. The Hall–Kier alpha value is -3.92. The number of nitrogens with one attached hydrogen (secondary N) is 2. The SMILES string of the molecule is O=C(CSc1nnc(CNC(=O)c2ccco2)n1-c1ccccc1)Nc1ccccc1F. The Kier molecular flexibility index (Phi) is 6.61. The lowest BCUT2D eigenvalue weighted by molar-refractivity contribution is -0.113. The first-order valence-electron chi connectivity index (χ1n) is 9.60. The van der Waals surface area contributed by atoms with Gasteiger partial charge in [-0.2, -0.15) is 0 Å². The lowest BCUT2D eigenvalue weighted by atomic mass is 10.3. The zero-order chi connectivity index (χ0) is 22.3. The second-order valence-corrected chi connectivity index (χ2v) is 7.49. The molecule has 2 heterocycles. The van der Waals surface area contributed by atoms with E-state index in [1.165, 1.54) is 18.4 Å². The summed E-state index contributed by atoms with van der Waals surface area (Å²) >= 11 is 1.15. The van der Waals surface area contributed by atoms with Crippen LogP contribution < -0.4 is 10.6 Å². The van der Waals surface area contributed by atoms with E-state index < -0.39 is 5.82 Å². The molecule has 0 aliphatic heterocycles. The zero-order valence-corrected chi connectivity index (χ0v) is 17.5. The van der Waals surface area contributed by atoms with Crippen LogP contribution in [0, 0.1) is 5.82 Å². The van der Waals surface area contributed by atoms with E-state index in [2.05, 4.69) is 20.8 Å². The van der Waals surface area contributed by atoms with Crippen LogP contribution in [0.25, 0.3) is 5.69 Å². The number of halogens is 1. The molecule has 2 N–H and O–H groups in total. The second kappa shape index (κ2) is 9.92. The molecule has 2 aromatic carbocycles. The fourth-order valence-electron chi connectivity index (χ4n) is 2.88. The summed E-state index contributed by atoms with van der Waals surface area (Å²) < 4.78 is 20.6. The molecule has 4 rings (SSSR count). The number of hydrogen-bond donors (Lipinski definition) is 2. The molecule has 8 nitrogen and oxygen atoms in total. The summed E-state index contributed by atoms with van der Waals surface area (Å²) in [6, 6.07) is 18.5. The molecule has 4 aromatic rings. The number of anilines is 1. The average molecular weight is 451 g/mol. The van der Waals surface area contributed by atoms with Crippen LogP contribution in [0.4, 0.5) is 10.1 Å². The van der Waals surface area contributed by atoms with E-state index in [-0.39, 0.29) is 35.6 Å². The van der Waals surface area contributed by atoms with Gasteiger partial charge >= 0.3 is 0 Å². The number of furan rings is 1. The Morgan fingerprint density at radius 3 is 2.53 bits per heavy atom. The fraction of sp³-hybridized carbons (Fsp3) is 0.0909. The number of carbonyl (C=O) groups excluding carboxylic acids is 2. The van der Waals surface area contributed by atoms with Crippen molar-refractivity contribution in [1.29, 1.82) is 0 Å². The predicted molar refractivity (Wildman–Crippen MR) is 117 cm³/mol. The van der Waals surface area contributed by atoms with E-state index in [4.69, 9.17) is 4.42 Å². The number of para-hydroxylation sites is 2. The Morgan fingerprint density at radius 1 is 1.00 bits per heavy atom. The van der Waals surface area contributed by atoms with E-state index in [0.717, 1.165) is 17.4 Å². The van der Waals surface area contributed by atoms with E-state index in [1.807, 2.05) is 30.3 Å². The third-order valence-electron chi connectivity index (χ3n) is 4.35. The van der Waals surface area contributed by atoms with Gasteiger partial charge in [-0.3, -0.25) is 14.2 Å². The predicted octanol–water partition coefficient (Wildman–Crippen LogP) is 3.66. The molecule has 0 radical (unpaired) electrons. The topological polar surface area (TPSA) is 102 Å². The van der Waals surface area contributed by atoms with Crippen molar-refractivity contribution < 1.29 is 18.4 Å². The highest BCUT2D eigenvalue weighted by atomic mass is 32.2. The minimum atomic E-state index is -0.507. The first-order valence-corrected chi connectivity index (χ1v) is 10.6. The van der Waals surface area contributed by atoms with Gasteiger partial charge in [0, 0.05) is 5.69 Å². The molecular formula is C22H18FN5O3S. The maximum atomic E-state index is 13.8. The van der Waals surface area contributed by atoms with E-state index in [0.29, 0.717) is 11.0 Å². The highest BCUT2D eigenvalue weighted by molar-refractivity contribution is 7.99. The van der Waals surface area contributed by atoms with Gasteiger partial charge in [-0.15, -0.1) is 10.2 Å². The number of benzene rings is 2. The van der Waals surface area contributed by atoms with Gasteiger partial charge in [-0.1, -0.05) is 42.1 Å². The van der Waals surface area contributed by atoms with Crippen LogP contribution in [0.15, 0.2) is 82.6 Å². The van der Waals surface area contributed by atoms with Crippen molar-refractivity contribution in [1.82, 2.24) is 20.1 Å². The molecule has 0 unspecified atom stereocenters. The standard InChI is InChI=1S/C22H18FN5O3S/c23-16-9-4-5-10-17(16)25-20(29)14-32-22-27-26-19(28(22)15-7-2-1-3-8-15)13-24-21(30)18-11-6-12-31-18/h1-12H,13-14H2,(H,24,30)(H,25,29). The minimum absolute atomic E-state index is 0.00193. The van der Waals surface area contributed by atoms with Crippen LogP contribution in [0.2, 0.25) is 0 Å². The maximum Gasteiger partial charge on any atom is 0.287 e. The summed E-state index contributed by atoms with van der Waals surface area (Å²) in [7, 11) is 0. The minimum Gasteiger partial charge on any atom is -0.459 e.